The van der Waals surface area contributed by atoms with E-state index in [9.17, 15) is 9.59 Å². The Bertz CT molecular complexity index is 972. The van der Waals surface area contributed by atoms with Crippen molar-refractivity contribution in [2.24, 2.45) is 17.6 Å². The average Bonchev–Trinajstić information content (AvgIpc) is 3.30. The van der Waals surface area contributed by atoms with Crippen molar-refractivity contribution in [1.29, 1.82) is 5.26 Å². The summed E-state index contributed by atoms with van der Waals surface area (Å²) < 4.78 is 0. The van der Waals surface area contributed by atoms with Gasteiger partial charge in [-0.15, -0.1) is 0 Å². The Hall–Kier alpha value is -2.97. The first kappa shape index (κ1) is 22.2. The van der Waals surface area contributed by atoms with Crippen molar-refractivity contribution in [3.63, 3.8) is 0 Å². The van der Waals surface area contributed by atoms with Gasteiger partial charge in [-0.3, -0.25) is 9.59 Å². The van der Waals surface area contributed by atoms with E-state index >= 15 is 0 Å². The second-order valence-corrected chi connectivity index (χ2v) is 9.19. The lowest BCUT2D eigenvalue weighted by molar-refractivity contribution is -0.142. The molecule has 2 N–H and O–H groups in total. The first-order valence-electron chi connectivity index (χ1n) is 11.7. The molecule has 5 heteroatoms. The van der Waals surface area contributed by atoms with Crippen molar-refractivity contribution in [2.45, 2.75) is 50.5 Å². The van der Waals surface area contributed by atoms with Crippen molar-refractivity contribution < 1.29 is 9.59 Å². The molecule has 0 unspecified atom stereocenters. The molecular weight excluding hydrogens is 398 g/mol. The summed E-state index contributed by atoms with van der Waals surface area (Å²) in [5.74, 6) is 0.745. The number of hydrogen-bond acceptors (Lipinski definition) is 4. The van der Waals surface area contributed by atoms with E-state index in [0.717, 1.165) is 43.2 Å². The Kier molecular flexibility index (Phi) is 7.02. The number of carbonyl (C=O) groups is 2. The normalized spacial score (nSPS) is 25.3. The Morgan fingerprint density at radius 3 is 2.28 bits per heavy atom. The van der Waals surface area contributed by atoms with Crippen molar-refractivity contribution in [3.8, 4) is 6.07 Å². The van der Waals surface area contributed by atoms with Gasteiger partial charge in [0.2, 0.25) is 5.91 Å². The quantitative estimate of drug-likeness (QED) is 0.756. The maximum Gasteiger partial charge on any atom is 0.226 e. The molecule has 2 atom stereocenters. The number of amides is 1. The highest BCUT2D eigenvalue weighted by Gasteiger charge is 2.44. The van der Waals surface area contributed by atoms with Crippen molar-refractivity contribution in [3.05, 3.63) is 71.3 Å². The molecule has 1 saturated carbocycles. The van der Waals surface area contributed by atoms with Crippen LogP contribution in [0.25, 0.3) is 0 Å². The number of benzene rings is 2. The van der Waals surface area contributed by atoms with Crippen LogP contribution in [0.3, 0.4) is 0 Å². The fourth-order valence-corrected chi connectivity index (χ4v) is 5.37. The molecule has 0 radical (unpaired) electrons. The van der Waals surface area contributed by atoms with Gasteiger partial charge in [0.15, 0.2) is 5.78 Å². The molecule has 1 saturated heterocycles. The maximum absolute atomic E-state index is 13.6. The average molecular weight is 430 g/mol. The molecule has 5 nitrogen and oxygen atoms in total. The highest BCUT2D eigenvalue weighted by molar-refractivity contribution is 5.92. The summed E-state index contributed by atoms with van der Waals surface area (Å²) in [5, 5.41) is 9.03. The summed E-state index contributed by atoms with van der Waals surface area (Å²) in [5.41, 5.74) is 8.40. The van der Waals surface area contributed by atoms with Crippen LogP contribution in [0, 0.1) is 23.2 Å². The van der Waals surface area contributed by atoms with Crippen LogP contribution in [0.15, 0.2) is 54.6 Å². The number of ketones is 1. The van der Waals surface area contributed by atoms with E-state index in [0.29, 0.717) is 24.6 Å². The molecule has 166 valence electrons. The molecule has 1 heterocycles. The summed E-state index contributed by atoms with van der Waals surface area (Å²) in [6.07, 6.45) is 4.79. The predicted octanol–water partition coefficient (Wildman–Crippen LogP) is 3.82. The second kappa shape index (κ2) is 10.1. The number of nitrogens with zero attached hydrogens (tertiary/aromatic N) is 2. The molecular formula is C27H31N3O2. The topological polar surface area (TPSA) is 87.2 Å². The van der Waals surface area contributed by atoms with Gasteiger partial charge in [0, 0.05) is 24.8 Å². The maximum atomic E-state index is 13.6. The molecule has 2 aromatic rings. The molecule has 2 aromatic carbocycles. The number of carbonyl (C=O) groups excluding carboxylic acids is 2. The molecule has 1 amide bonds. The summed E-state index contributed by atoms with van der Waals surface area (Å²) in [4.78, 5) is 29.0. The van der Waals surface area contributed by atoms with Gasteiger partial charge in [-0.25, -0.2) is 0 Å². The Morgan fingerprint density at radius 2 is 1.66 bits per heavy atom. The fraction of sp³-hybridized carbons (Fsp3) is 0.444. The van der Waals surface area contributed by atoms with E-state index in [2.05, 4.69) is 18.2 Å². The summed E-state index contributed by atoms with van der Waals surface area (Å²) in [7, 11) is 0. The van der Waals surface area contributed by atoms with E-state index in [-0.39, 0.29) is 29.9 Å². The van der Waals surface area contributed by atoms with E-state index in [1.54, 1.807) is 12.1 Å². The van der Waals surface area contributed by atoms with E-state index in [1.807, 2.05) is 35.2 Å². The number of hydrogen-bond donors (Lipinski definition) is 1. The number of rotatable bonds is 6. The summed E-state index contributed by atoms with van der Waals surface area (Å²) >= 11 is 0. The third-order valence-electron chi connectivity index (χ3n) is 7.23. The highest BCUT2D eigenvalue weighted by Crippen LogP contribution is 2.38. The fourth-order valence-electron chi connectivity index (χ4n) is 5.37. The van der Waals surface area contributed by atoms with Gasteiger partial charge in [0.25, 0.3) is 0 Å². The molecule has 32 heavy (non-hydrogen) atoms. The third kappa shape index (κ3) is 4.76. The lowest BCUT2D eigenvalue weighted by atomic mass is 9.81. The third-order valence-corrected chi connectivity index (χ3v) is 7.23. The van der Waals surface area contributed by atoms with Gasteiger partial charge in [0.05, 0.1) is 17.7 Å². The van der Waals surface area contributed by atoms with Crippen LogP contribution in [0.4, 0.5) is 0 Å². The summed E-state index contributed by atoms with van der Waals surface area (Å²) in [6, 6.07) is 18.9. The lowest BCUT2D eigenvalue weighted by Crippen LogP contribution is -2.46. The van der Waals surface area contributed by atoms with Gasteiger partial charge in [-0.1, -0.05) is 42.5 Å². The van der Waals surface area contributed by atoms with Crippen LogP contribution in [0.5, 0.6) is 0 Å². The van der Waals surface area contributed by atoms with E-state index in [4.69, 9.17) is 11.0 Å². The zero-order chi connectivity index (χ0) is 22.5. The van der Waals surface area contributed by atoms with E-state index < -0.39 is 6.04 Å². The Labute approximate surface area is 190 Å². The van der Waals surface area contributed by atoms with Crippen molar-refractivity contribution in [2.75, 3.05) is 13.1 Å². The van der Waals surface area contributed by atoms with Gasteiger partial charge in [-0.05, 0) is 67.8 Å². The minimum Gasteiger partial charge on any atom is -0.332 e. The van der Waals surface area contributed by atoms with Gasteiger partial charge >= 0.3 is 0 Å². The monoisotopic (exact) mass is 429 g/mol. The SMILES string of the molecule is N#Cc1ccc(CC(=O)[C@@H]2[C@H](c3ccccc3)CCN2C(=O)C2CCC(CN)CC2)cc1. The number of likely N-dealkylation sites (tertiary alicyclic amines) is 1. The predicted molar refractivity (Wildman–Crippen MR) is 124 cm³/mol. The number of Topliss-reactive ketones (excluding diaryl/α,β-unsaturated/α-hetero) is 1. The molecule has 2 fully saturated rings. The zero-order valence-electron chi connectivity index (χ0n) is 18.5. The molecule has 1 aliphatic carbocycles. The lowest BCUT2D eigenvalue weighted by Gasteiger charge is -2.33. The van der Waals surface area contributed by atoms with E-state index in [1.165, 1.54) is 0 Å². The first-order valence-corrected chi connectivity index (χ1v) is 11.7. The van der Waals surface area contributed by atoms with Crippen LogP contribution in [0.2, 0.25) is 0 Å². The van der Waals surface area contributed by atoms with Gasteiger partial charge in [0.1, 0.15) is 0 Å². The van der Waals surface area contributed by atoms with Crippen molar-refractivity contribution in [1.82, 2.24) is 4.90 Å². The summed E-state index contributed by atoms with van der Waals surface area (Å²) in [6.45, 7) is 1.31. The zero-order valence-corrected chi connectivity index (χ0v) is 18.5. The first-order chi connectivity index (χ1) is 15.6. The number of nitriles is 1. The highest BCUT2D eigenvalue weighted by atomic mass is 16.2. The molecule has 0 aromatic heterocycles. The largest absolute Gasteiger partial charge is 0.332 e. The van der Waals surface area contributed by atoms with Crippen LogP contribution in [0.1, 0.15) is 54.7 Å². The molecule has 0 spiro atoms. The minimum atomic E-state index is -0.437. The Morgan fingerprint density at radius 1 is 0.969 bits per heavy atom. The van der Waals surface area contributed by atoms with Crippen LogP contribution < -0.4 is 5.73 Å². The molecule has 2 aliphatic rings. The molecule has 0 bridgehead atoms. The van der Waals surface area contributed by atoms with Crippen LogP contribution in [-0.4, -0.2) is 35.7 Å². The van der Waals surface area contributed by atoms with Crippen molar-refractivity contribution >= 4 is 11.7 Å². The minimum absolute atomic E-state index is 0.00228. The Balaban J connectivity index is 1.55. The number of nitrogens with two attached hydrogens (primary N) is 1. The second-order valence-electron chi connectivity index (χ2n) is 9.19. The molecule has 1 aliphatic heterocycles. The smallest absolute Gasteiger partial charge is 0.226 e. The molecule has 4 rings (SSSR count). The van der Waals surface area contributed by atoms with Crippen LogP contribution in [-0.2, 0) is 16.0 Å². The van der Waals surface area contributed by atoms with Gasteiger partial charge in [-0.2, -0.15) is 5.26 Å². The van der Waals surface area contributed by atoms with Crippen LogP contribution >= 0.6 is 0 Å². The van der Waals surface area contributed by atoms with Gasteiger partial charge < -0.3 is 10.6 Å². The standard InChI is InChI=1S/C27H31N3O2/c28-17-20-8-6-19(7-9-20)16-25(31)26-24(22-4-2-1-3-5-22)14-15-30(26)27(32)23-12-10-21(18-29)11-13-23/h1-9,21,23-24,26H,10-16,18,29H2/t21?,23?,24-,26-/m0/s1.